The summed E-state index contributed by atoms with van der Waals surface area (Å²) in [6.07, 6.45) is 2.95. The normalized spacial score (nSPS) is 33.4. The molecule has 7 heterocycles. The number of pyridine rings is 1. The Bertz CT molecular complexity index is 1220. The van der Waals surface area contributed by atoms with Crippen molar-refractivity contribution in [3.05, 3.63) is 12.0 Å². The Labute approximate surface area is 199 Å². The van der Waals surface area contributed by atoms with Gasteiger partial charge in [-0.15, -0.1) is 0 Å². The first-order valence-corrected chi connectivity index (χ1v) is 12.2. The summed E-state index contributed by atoms with van der Waals surface area (Å²) in [5, 5.41) is 10.2. The van der Waals surface area contributed by atoms with E-state index in [4.69, 9.17) is 14.5 Å². The van der Waals surface area contributed by atoms with Crippen LogP contribution in [0.15, 0.2) is 6.20 Å². The van der Waals surface area contributed by atoms with E-state index >= 15 is 0 Å². The Morgan fingerprint density at radius 3 is 3.03 bits per heavy atom. The SMILES string of the molecule is O=C(O)N1C2CCC1C1COc3ncc(F)c4nc(OC[C@@]56CCCN5C[C@H](F)C6)nc(c34)N1C2. The van der Waals surface area contributed by atoms with Gasteiger partial charge in [-0.05, 0) is 32.2 Å². The van der Waals surface area contributed by atoms with Crippen molar-refractivity contribution in [3.63, 3.8) is 0 Å². The number of alkyl halides is 1. The Morgan fingerprint density at radius 2 is 2.17 bits per heavy atom. The second kappa shape index (κ2) is 7.49. The van der Waals surface area contributed by atoms with Crippen LogP contribution < -0.4 is 14.4 Å². The molecule has 186 valence electrons. The number of ether oxygens (including phenoxy) is 2. The molecule has 1 amide bonds. The fourth-order valence-electron chi connectivity index (χ4n) is 7.02. The van der Waals surface area contributed by atoms with Gasteiger partial charge in [-0.2, -0.15) is 9.97 Å². The van der Waals surface area contributed by atoms with Crippen molar-refractivity contribution in [1.82, 2.24) is 24.8 Å². The van der Waals surface area contributed by atoms with Gasteiger partial charge >= 0.3 is 12.1 Å². The highest BCUT2D eigenvalue weighted by molar-refractivity contribution is 5.95. The lowest BCUT2D eigenvalue weighted by Crippen LogP contribution is -2.62. The Hall–Kier alpha value is -3.02. The molecule has 4 fully saturated rings. The lowest BCUT2D eigenvalue weighted by molar-refractivity contribution is 0.0905. The summed E-state index contributed by atoms with van der Waals surface area (Å²) in [5.74, 6) is 0.0653. The third-order valence-electron chi connectivity index (χ3n) is 8.52. The molecule has 12 heteroatoms. The molecular weight excluding hydrogens is 462 g/mol. The van der Waals surface area contributed by atoms with Crippen molar-refractivity contribution in [2.24, 2.45) is 0 Å². The van der Waals surface area contributed by atoms with Crippen molar-refractivity contribution >= 4 is 22.8 Å². The van der Waals surface area contributed by atoms with Crippen LogP contribution in [-0.4, -0.2) is 98.6 Å². The van der Waals surface area contributed by atoms with Gasteiger partial charge in [-0.3, -0.25) is 9.80 Å². The molecule has 1 N–H and O–H groups in total. The number of halogens is 2. The molecule has 2 bridgehead atoms. The molecule has 35 heavy (non-hydrogen) atoms. The number of aromatic nitrogens is 3. The minimum absolute atomic E-state index is 0.0285. The van der Waals surface area contributed by atoms with Crippen molar-refractivity contribution in [2.75, 3.05) is 37.7 Å². The van der Waals surface area contributed by atoms with Crippen LogP contribution in [0.1, 0.15) is 32.1 Å². The number of rotatable bonds is 3. The number of hydrogen-bond acceptors (Lipinski definition) is 8. The zero-order valence-corrected chi connectivity index (χ0v) is 19.1. The lowest BCUT2D eigenvalue weighted by atomic mass is 9.95. The van der Waals surface area contributed by atoms with E-state index in [1.165, 1.54) is 4.90 Å². The number of fused-ring (bicyclic) bond motifs is 6. The van der Waals surface area contributed by atoms with Crippen LogP contribution in [0.5, 0.6) is 11.9 Å². The molecular formula is C23H26F2N6O4. The molecule has 2 aromatic rings. The molecule has 5 aliphatic heterocycles. The largest absolute Gasteiger partial charge is 0.475 e. The maximum atomic E-state index is 15.0. The number of anilines is 1. The van der Waals surface area contributed by atoms with Crippen molar-refractivity contribution in [2.45, 2.75) is 61.9 Å². The molecule has 0 aromatic carbocycles. The van der Waals surface area contributed by atoms with Crippen molar-refractivity contribution in [3.8, 4) is 11.9 Å². The van der Waals surface area contributed by atoms with Gasteiger partial charge < -0.3 is 19.5 Å². The molecule has 4 saturated heterocycles. The molecule has 5 aliphatic rings. The predicted octanol–water partition coefficient (Wildman–Crippen LogP) is 2.21. The Balaban J connectivity index is 1.28. The average Bonchev–Trinajstić information content (AvgIpc) is 3.43. The standard InChI is InChI=1S/C23H26F2N6O4/c24-12-6-23(4-1-5-29(23)8-12)11-35-21-27-18-14(25)7-26-20-17(18)19(28-21)30-9-13-2-3-15(16(30)10-34-20)31(13)22(32)33/h7,12-13,15-16H,1-6,8-11H2,(H,32,33)/t12-,13?,15?,16?,23+/m1/s1. The number of carboxylic acid groups (broad SMARTS) is 1. The fraction of sp³-hybridized carbons (Fsp3) is 0.652. The van der Waals surface area contributed by atoms with Gasteiger partial charge in [0.05, 0.1) is 29.9 Å². The second-order valence-corrected chi connectivity index (χ2v) is 10.3. The molecule has 0 radical (unpaired) electrons. The molecule has 0 saturated carbocycles. The van der Waals surface area contributed by atoms with Crippen molar-refractivity contribution < 1.29 is 28.2 Å². The van der Waals surface area contributed by atoms with Crippen molar-refractivity contribution in [1.29, 1.82) is 0 Å². The van der Waals surface area contributed by atoms with E-state index in [2.05, 4.69) is 14.9 Å². The van der Waals surface area contributed by atoms with Gasteiger partial charge in [0.15, 0.2) is 5.82 Å². The summed E-state index contributed by atoms with van der Waals surface area (Å²) in [6.45, 7) is 2.10. The average molecular weight is 488 g/mol. The van der Waals surface area contributed by atoms with E-state index in [1.807, 2.05) is 4.90 Å². The Morgan fingerprint density at radius 1 is 1.29 bits per heavy atom. The predicted molar refractivity (Wildman–Crippen MR) is 119 cm³/mol. The minimum atomic E-state index is -0.942. The van der Waals surface area contributed by atoms with Gasteiger partial charge in [-0.1, -0.05) is 0 Å². The zero-order chi connectivity index (χ0) is 23.9. The number of amides is 1. The first-order valence-electron chi connectivity index (χ1n) is 12.2. The van der Waals surface area contributed by atoms with Crippen LogP contribution in [-0.2, 0) is 0 Å². The molecule has 10 nitrogen and oxygen atoms in total. The molecule has 2 aromatic heterocycles. The highest BCUT2D eigenvalue weighted by Crippen LogP contribution is 2.44. The first-order chi connectivity index (χ1) is 16.9. The summed E-state index contributed by atoms with van der Waals surface area (Å²) in [4.78, 5) is 30.8. The van der Waals surface area contributed by atoms with E-state index < -0.39 is 18.1 Å². The van der Waals surface area contributed by atoms with E-state index in [9.17, 15) is 18.7 Å². The molecule has 7 rings (SSSR count). The number of hydrogen-bond donors (Lipinski definition) is 1. The summed E-state index contributed by atoms with van der Waals surface area (Å²) in [6, 6.07) is -0.706. The zero-order valence-electron chi connectivity index (χ0n) is 19.1. The number of nitrogens with zero attached hydrogens (tertiary/aromatic N) is 6. The first kappa shape index (κ1) is 21.3. The Kier molecular flexibility index (Phi) is 4.55. The fourth-order valence-corrected chi connectivity index (χ4v) is 7.02. The summed E-state index contributed by atoms with van der Waals surface area (Å²) < 4.78 is 41.2. The van der Waals surface area contributed by atoms with Crippen LogP contribution >= 0.6 is 0 Å². The van der Waals surface area contributed by atoms with Crippen LogP contribution in [0.2, 0.25) is 0 Å². The molecule has 3 unspecified atom stereocenters. The number of carbonyl (C=O) groups is 1. The smallest absolute Gasteiger partial charge is 0.407 e. The molecule has 0 aliphatic carbocycles. The molecule has 5 atom stereocenters. The van der Waals surface area contributed by atoms with Gasteiger partial charge in [0.1, 0.15) is 36.1 Å². The second-order valence-electron chi connectivity index (χ2n) is 10.3. The lowest BCUT2D eigenvalue weighted by Gasteiger charge is -2.45. The summed E-state index contributed by atoms with van der Waals surface area (Å²) in [5.41, 5.74) is -0.328. The topological polar surface area (TPSA) is 104 Å². The van der Waals surface area contributed by atoms with Crippen LogP contribution in [0.3, 0.4) is 0 Å². The van der Waals surface area contributed by atoms with Gasteiger partial charge in [0, 0.05) is 19.5 Å². The maximum absolute atomic E-state index is 15.0. The third-order valence-corrected chi connectivity index (χ3v) is 8.52. The highest BCUT2D eigenvalue weighted by Gasteiger charge is 2.51. The van der Waals surface area contributed by atoms with E-state index in [0.717, 1.165) is 38.4 Å². The van der Waals surface area contributed by atoms with E-state index in [-0.39, 0.29) is 54.3 Å². The van der Waals surface area contributed by atoms with E-state index in [0.29, 0.717) is 30.7 Å². The van der Waals surface area contributed by atoms with Gasteiger partial charge in [0.25, 0.3) is 0 Å². The van der Waals surface area contributed by atoms with Gasteiger partial charge in [-0.25, -0.2) is 18.6 Å². The van der Waals surface area contributed by atoms with Crippen LogP contribution in [0.4, 0.5) is 19.4 Å². The molecule has 0 spiro atoms. The maximum Gasteiger partial charge on any atom is 0.407 e. The van der Waals surface area contributed by atoms with Gasteiger partial charge in [0.2, 0.25) is 5.88 Å². The van der Waals surface area contributed by atoms with Crippen LogP contribution in [0, 0.1) is 5.82 Å². The summed E-state index contributed by atoms with van der Waals surface area (Å²) in [7, 11) is 0. The van der Waals surface area contributed by atoms with E-state index in [1.54, 1.807) is 0 Å². The summed E-state index contributed by atoms with van der Waals surface area (Å²) >= 11 is 0. The monoisotopic (exact) mass is 488 g/mol. The third kappa shape index (κ3) is 3.08. The number of piperazine rings is 1. The minimum Gasteiger partial charge on any atom is -0.475 e. The highest BCUT2D eigenvalue weighted by atomic mass is 19.1. The van der Waals surface area contributed by atoms with Crippen LogP contribution in [0.25, 0.3) is 10.9 Å². The quantitative estimate of drug-likeness (QED) is 0.696.